The molecule has 0 N–H and O–H groups in total. The van der Waals surface area contributed by atoms with E-state index in [2.05, 4.69) is 6.92 Å². The normalized spacial score (nSPS) is 10.6. The minimum atomic E-state index is -0.309. The summed E-state index contributed by atoms with van der Waals surface area (Å²) in [7, 11) is 0. The second-order valence-electron chi connectivity index (χ2n) is 4.20. The standard InChI is InChI=1S/C14H28O5/c1-3-5-7-16-9-10-17-11-12-18-13-14(15)19-8-6-4-2/h3-13H2,1-2H3. The van der Waals surface area contributed by atoms with E-state index in [1.54, 1.807) is 0 Å². The molecule has 19 heavy (non-hydrogen) atoms. The van der Waals surface area contributed by atoms with Crippen molar-refractivity contribution >= 4 is 5.97 Å². The SMILES string of the molecule is CCCCOCCOCCOCC(=O)OCCCC. The monoisotopic (exact) mass is 276 g/mol. The first kappa shape index (κ1) is 18.4. The van der Waals surface area contributed by atoms with Gasteiger partial charge in [0.2, 0.25) is 0 Å². The summed E-state index contributed by atoms with van der Waals surface area (Å²) in [4.78, 5) is 11.1. The van der Waals surface area contributed by atoms with Gasteiger partial charge in [0.25, 0.3) is 0 Å². The maximum Gasteiger partial charge on any atom is 0.332 e. The molecule has 0 heterocycles. The van der Waals surface area contributed by atoms with Crippen LogP contribution in [-0.2, 0) is 23.7 Å². The van der Waals surface area contributed by atoms with Crippen LogP contribution in [0.2, 0.25) is 0 Å². The van der Waals surface area contributed by atoms with E-state index < -0.39 is 0 Å². The third kappa shape index (κ3) is 15.3. The van der Waals surface area contributed by atoms with Crippen LogP contribution in [0.3, 0.4) is 0 Å². The van der Waals surface area contributed by atoms with Gasteiger partial charge >= 0.3 is 5.97 Å². The summed E-state index contributed by atoms with van der Waals surface area (Å²) < 4.78 is 20.7. The van der Waals surface area contributed by atoms with Crippen molar-refractivity contribution in [1.82, 2.24) is 0 Å². The van der Waals surface area contributed by atoms with Crippen molar-refractivity contribution in [3.63, 3.8) is 0 Å². The fourth-order valence-electron chi connectivity index (χ4n) is 1.21. The second-order valence-corrected chi connectivity index (χ2v) is 4.20. The summed E-state index contributed by atoms with van der Waals surface area (Å²) in [6.07, 6.45) is 4.14. The molecule has 0 saturated carbocycles. The molecule has 0 rings (SSSR count). The quantitative estimate of drug-likeness (QED) is 0.359. The number of ether oxygens (including phenoxy) is 4. The van der Waals surface area contributed by atoms with E-state index in [-0.39, 0.29) is 12.6 Å². The lowest BCUT2D eigenvalue weighted by Gasteiger charge is -2.07. The molecule has 0 spiro atoms. The molecule has 5 heteroatoms. The molecule has 0 aromatic heterocycles. The average molecular weight is 276 g/mol. The van der Waals surface area contributed by atoms with Gasteiger partial charge in [0.1, 0.15) is 6.61 Å². The number of hydrogen-bond donors (Lipinski definition) is 0. The van der Waals surface area contributed by atoms with Crippen LogP contribution >= 0.6 is 0 Å². The van der Waals surface area contributed by atoms with Crippen molar-refractivity contribution in [3.8, 4) is 0 Å². The highest BCUT2D eigenvalue weighted by molar-refractivity contribution is 5.70. The zero-order chi connectivity index (χ0) is 14.2. The molecule has 0 amide bonds. The van der Waals surface area contributed by atoms with Crippen molar-refractivity contribution in [2.75, 3.05) is 46.2 Å². The Hall–Kier alpha value is -0.650. The lowest BCUT2D eigenvalue weighted by Crippen LogP contribution is -2.16. The molecular formula is C14H28O5. The Morgan fingerprint density at radius 1 is 0.737 bits per heavy atom. The van der Waals surface area contributed by atoms with Gasteiger partial charge in [0.05, 0.1) is 33.0 Å². The van der Waals surface area contributed by atoms with E-state index in [0.29, 0.717) is 33.0 Å². The van der Waals surface area contributed by atoms with Gasteiger partial charge in [0.15, 0.2) is 0 Å². The van der Waals surface area contributed by atoms with Crippen LogP contribution in [0.1, 0.15) is 39.5 Å². The summed E-state index contributed by atoms with van der Waals surface area (Å²) in [5, 5.41) is 0. The van der Waals surface area contributed by atoms with Crippen molar-refractivity contribution in [3.05, 3.63) is 0 Å². The molecular weight excluding hydrogens is 248 g/mol. The van der Waals surface area contributed by atoms with Gasteiger partial charge in [-0.05, 0) is 12.8 Å². The molecule has 114 valence electrons. The van der Waals surface area contributed by atoms with E-state index in [4.69, 9.17) is 18.9 Å². The average Bonchev–Trinajstić information content (AvgIpc) is 2.41. The summed E-state index contributed by atoms with van der Waals surface area (Å²) in [5.74, 6) is -0.309. The molecule has 0 aromatic rings. The predicted octanol–water partition coefficient (Wildman–Crippen LogP) is 2.18. The van der Waals surface area contributed by atoms with Crippen molar-refractivity contribution in [2.24, 2.45) is 0 Å². The maximum atomic E-state index is 11.1. The zero-order valence-electron chi connectivity index (χ0n) is 12.3. The Morgan fingerprint density at radius 3 is 1.89 bits per heavy atom. The van der Waals surface area contributed by atoms with Crippen molar-refractivity contribution < 1.29 is 23.7 Å². The Kier molecular flexibility index (Phi) is 14.9. The number of carbonyl (C=O) groups excluding carboxylic acids is 1. The number of esters is 1. The fourth-order valence-corrected chi connectivity index (χ4v) is 1.21. The lowest BCUT2D eigenvalue weighted by molar-refractivity contribution is -0.149. The molecule has 0 unspecified atom stereocenters. The fraction of sp³-hybridized carbons (Fsp3) is 0.929. The van der Waals surface area contributed by atoms with Crippen LogP contribution < -0.4 is 0 Å². The van der Waals surface area contributed by atoms with Gasteiger partial charge in [-0.3, -0.25) is 0 Å². The summed E-state index contributed by atoms with van der Waals surface area (Å²) in [5.41, 5.74) is 0. The van der Waals surface area contributed by atoms with Crippen molar-refractivity contribution in [2.45, 2.75) is 39.5 Å². The molecule has 0 bridgehead atoms. The van der Waals surface area contributed by atoms with Crippen LogP contribution in [0.15, 0.2) is 0 Å². The maximum absolute atomic E-state index is 11.1. The van der Waals surface area contributed by atoms with Gasteiger partial charge in [0, 0.05) is 6.61 Å². The Labute approximate surface area is 116 Å². The Morgan fingerprint density at radius 2 is 1.26 bits per heavy atom. The number of unbranched alkanes of at least 4 members (excludes halogenated alkanes) is 2. The van der Waals surface area contributed by atoms with Gasteiger partial charge in [-0.15, -0.1) is 0 Å². The van der Waals surface area contributed by atoms with Gasteiger partial charge in [-0.25, -0.2) is 4.79 Å². The predicted molar refractivity (Wildman–Crippen MR) is 73.2 cm³/mol. The van der Waals surface area contributed by atoms with E-state index in [1.807, 2.05) is 6.92 Å². The van der Waals surface area contributed by atoms with Crippen LogP contribution in [0.5, 0.6) is 0 Å². The molecule has 0 aliphatic rings. The summed E-state index contributed by atoms with van der Waals surface area (Å²) in [6, 6.07) is 0. The van der Waals surface area contributed by atoms with Gasteiger partial charge < -0.3 is 18.9 Å². The molecule has 0 aliphatic carbocycles. The highest BCUT2D eigenvalue weighted by Crippen LogP contribution is 1.90. The van der Waals surface area contributed by atoms with Gasteiger partial charge in [-0.1, -0.05) is 26.7 Å². The van der Waals surface area contributed by atoms with Crippen LogP contribution in [0, 0.1) is 0 Å². The molecule has 0 atom stereocenters. The minimum absolute atomic E-state index is 0.0000737. The topological polar surface area (TPSA) is 54.0 Å². The number of rotatable bonds is 14. The Bertz CT molecular complexity index is 196. The first-order chi connectivity index (χ1) is 9.31. The molecule has 0 aromatic carbocycles. The zero-order valence-corrected chi connectivity index (χ0v) is 12.3. The second kappa shape index (κ2) is 15.4. The smallest absolute Gasteiger partial charge is 0.332 e. The molecule has 0 radical (unpaired) electrons. The molecule has 0 fully saturated rings. The van der Waals surface area contributed by atoms with Crippen LogP contribution in [-0.4, -0.2) is 52.2 Å². The number of carbonyl (C=O) groups is 1. The van der Waals surface area contributed by atoms with E-state index in [0.717, 1.165) is 32.3 Å². The molecule has 5 nitrogen and oxygen atoms in total. The van der Waals surface area contributed by atoms with E-state index in [9.17, 15) is 4.79 Å². The Balaban J connectivity index is 3.07. The van der Waals surface area contributed by atoms with E-state index >= 15 is 0 Å². The molecule has 0 aliphatic heterocycles. The summed E-state index contributed by atoms with van der Waals surface area (Å²) in [6.45, 7) is 7.49. The lowest BCUT2D eigenvalue weighted by atomic mass is 10.4. The van der Waals surface area contributed by atoms with Crippen LogP contribution in [0.4, 0.5) is 0 Å². The first-order valence-electron chi connectivity index (χ1n) is 7.20. The van der Waals surface area contributed by atoms with Crippen LogP contribution in [0.25, 0.3) is 0 Å². The van der Waals surface area contributed by atoms with E-state index in [1.165, 1.54) is 0 Å². The highest BCUT2D eigenvalue weighted by atomic mass is 16.6. The number of hydrogen-bond acceptors (Lipinski definition) is 5. The third-order valence-electron chi connectivity index (χ3n) is 2.37. The minimum Gasteiger partial charge on any atom is -0.464 e. The third-order valence-corrected chi connectivity index (χ3v) is 2.37. The van der Waals surface area contributed by atoms with Crippen molar-refractivity contribution in [1.29, 1.82) is 0 Å². The first-order valence-corrected chi connectivity index (χ1v) is 7.20. The highest BCUT2D eigenvalue weighted by Gasteiger charge is 2.01. The van der Waals surface area contributed by atoms with Gasteiger partial charge in [-0.2, -0.15) is 0 Å². The molecule has 0 saturated heterocycles. The summed E-state index contributed by atoms with van der Waals surface area (Å²) >= 11 is 0. The largest absolute Gasteiger partial charge is 0.464 e.